The second-order valence-electron chi connectivity index (χ2n) is 11.1. The number of carbonyl (C=O) groups excluding carboxylic acids is 1. The summed E-state index contributed by atoms with van der Waals surface area (Å²) in [6, 6.07) is 18.8. The Kier molecular flexibility index (Phi) is 9.25. The van der Waals surface area contributed by atoms with Gasteiger partial charge in [0.1, 0.15) is 11.6 Å². The highest BCUT2D eigenvalue weighted by molar-refractivity contribution is 9.10. The number of hydrogen-bond donors (Lipinski definition) is 1. The average molecular weight is 646 g/mol. The lowest BCUT2D eigenvalue weighted by atomic mass is 9.93. The number of aryl methyl sites for hydroxylation is 1. The number of fused-ring (bicyclic) bond motifs is 2. The number of amides is 1. The molecule has 0 aliphatic heterocycles. The summed E-state index contributed by atoms with van der Waals surface area (Å²) in [6.07, 6.45) is 11.9. The first-order valence-electron chi connectivity index (χ1n) is 15.2. The Bertz CT molecular complexity index is 1600. The zero-order valence-corrected chi connectivity index (χ0v) is 26.5. The number of benzene rings is 3. The molecule has 0 unspecified atom stereocenters. The number of nitrogens with one attached hydrogen (secondary N) is 1. The molecule has 2 aliphatic rings. The van der Waals surface area contributed by atoms with Crippen LogP contribution in [-0.2, 0) is 19.4 Å². The summed E-state index contributed by atoms with van der Waals surface area (Å²) in [5.74, 6) is 1.37. The number of thiophene rings is 1. The molecule has 7 heteroatoms. The fourth-order valence-corrected chi connectivity index (χ4v) is 7.95. The second kappa shape index (κ2) is 13.4. The molecular formula is C35H37BrN2O3S. The molecule has 1 saturated carbocycles. The van der Waals surface area contributed by atoms with Crippen molar-refractivity contribution in [2.24, 2.45) is 4.99 Å². The van der Waals surface area contributed by atoms with Gasteiger partial charge in [-0.25, -0.2) is 4.99 Å². The predicted molar refractivity (Wildman–Crippen MR) is 176 cm³/mol. The van der Waals surface area contributed by atoms with Crippen molar-refractivity contribution in [3.05, 3.63) is 86.2 Å². The van der Waals surface area contributed by atoms with Crippen LogP contribution in [0, 0.1) is 0 Å². The molecule has 0 radical (unpaired) electrons. The van der Waals surface area contributed by atoms with Gasteiger partial charge in [-0.3, -0.25) is 4.79 Å². The molecule has 42 heavy (non-hydrogen) atoms. The Hall–Kier alpha value is -3.16. The van der Waals surface area contributed by atoms with Crippen molar-refractivity contribution < 1.29 is 14.3 Å². The third-order valence-corrected chi connectivity index (χ3v) is 10.0. The van der Waals surface area contributed by atoms with Gasteiger partial charge in [0, 0.05) is 17.1 Å². The van der Waals surface area contributed by atoms with Gasteiger partial charge in [0.2, 0.25) is 0 Å². The first-order chi connectivity index (χ1) is 20.6. The van der Waals surface area contributed by atoms with E-state index in [1.165, 1.54) is 46.9 Å². The topological polar surface area (TPSA) is 59.9 Å². The summed E-state index contributed by atoms with van der Waals surface area (Å²) >= 11 is 5.40. The van der Waals surface area contributed by atoms with Gasteiger partial charge in [0.05, 0.1) is 16.6 Å². The van der Waals surface area contributed by atoms with Gasteiger partial charge in [-0.15, -0.1) is 11.3 Å². The fraction of sp³-hybridized carbons (Fsp3) is 0.371. The normalized spacial score (nSPS) is 15.6. The lowest BCUT2D eigenvalue weighted by Crippen LogP contribution is -2.36. The summed E-state index contributed by atoms with van der Waals surface area (Å²) in [5.41, 5.74) is 4.00. The molecular weight excluding hydrogens is 608 g/mol. The Morgan fingerprint density at radius 3 is 2.69 bits per heavy atom. The molecule has 5 nitrogen and oxygen atoms in total. The largest absolute Gasteiger partial charge is 0.490 e. The Morgan fingerprint density at radius 1 is 1.02 bits per heavy atom. The number of hydrogen-bond acceptors (Lipinski definition) is 5. The molecule has 0 spiro atoms. The number of aliphatic imine (C=N–C) groups is 1. The van der Waals surface area contributed by atoms with Crippen LogP contribution >= 0.6 is 27.3 Å². The highest BCUT2D eigenvalue weighted by Gasteiger charge is 2.27. The van der Waals surface area contributed by atoms with Crippen LogP contribution in [-0.4, -0.2) is 24.8 Å². The summed E-state index contributed by atoms with van der Waals surface area (Å²) < 4.78 is 13.2. The van der Waals surface area contributed by atoms with Crippen molar-refractivity contribution >= 4 is 55.2 Å². The van der Waals surface area contributed by atoms with E-state index in [1.807, 2.05) is 25.3 Å². The highest BCUT2D eigenvalue weighted by Crippen LogP contribution is 2.41. The lowest BCUT2D eigenvalue weighted by Gasteiger charge is -2.23. The summed E-state index contributed by atoms with van der Waals surface area (Å²) in [7, 11) is 0. The highest BCUT2D eigenvalue weighted by atomic mass is 79.9. The standard InChI is InChI=1S/C35H37BrN2O3S/c1-2-40-30-20-23(19-29(36)33(30)41-22-25-13-10-12-24-11-6-7-16-27(24)25)21-37-35-32(28-17-8-9-18-31(28)42-35)34(39)38-26-14-4-3-5-15-26/h6-7,10-13,16,19-21,26H,2-5,8-9,14-15,17-18,22H2,1H3,(H,38,39). The van der Waals surface area contributed by atoms with Gasteiger partial charge in [-0.05, 0) is 101 Å². The smallest absolute Gasteiger partial charge is 0.254 e. The molecule has 0 saturated heterocycles. The number of halogens is 1. The minimum Gasteiger partial charge on any atom is -0.490 e. The second-order valence-corrected chi connectivity index (χ2v) is 13.1. The van der Waals surface area contributed by atoms with E-state index < -0.39 is 0 Å². The van der Waals surface area contributed by atoms with Crippen LogP contribution in [0.1, 0.15) is 83.8 Å². The maximum atomic E-state index is 13.6. The monoisotopic (exact) mass is 644 g/mol. The van der Waals surface area contributed by atoms with Gasteiger partial charge in [-0.1, -0.05) is 61.7 Å². The van der Waals surface area contributed by atoms with Crippen LogP contribution in [0.3, 0.4) is 0 Å². The van der Waals surface area contributed by atoms with Crippen molar-refractivity contribution in [1.82, 2.24) is 5.32 Å². The number of rotatable bonds is 9. The number of ether oxygens (including phenoxy) is 2. The van der Waals surface area contributed by atoms with Crippen molar-refractivity contribution in [1.29, 1.82) is 0 Å². The first kappa shape index (κ1) is 28.9. The number of carbonyl (C=O) groups is 1. The van der Waals surface area contributed by atoms with Crippen LogP contribution in [0.25, 0.3) is 10.8 Å². The zero-order valence-electron chi connectivity index (χ0n) is 24.1. The molecule has 0 atom stereocenters. The van der Waals surface area contributed by atoms with Crippen LogP contribution in [0.2, 0.25) is 0 Å². The molecule has 1 aromatic heterocycles. The molecule has 0 bridgehead atoms. The van der Waals surface area contributed by atoms with Gasteiger partial charge in [0.15, 0.2) is 11.5 Å². The van der Waals surface area contributed by atoms with E-state index >= 15 is 0 Å². The zero-order chi connectivity index (χ0) is 28.9. The van der Waals surface area contributed by atoms with Gasteiger partial charge in [0.25, 0.3) is 5.91 Å². The van der Waals surface area contributed by atoms with Crippen molar-refractivity contribution in [3.8, 4) is 11.5 Å². The van der Waals surface area contributed by atoms with E-state index in [-0.39, 0.29) is 11.9 Å². The van der Waals surface area contributed by atoms with E-state index in [4.69, 9.17) is 14.5 Å². The van der Waals surface area contributed by atoms with Gasteiger partial charge >= 0.3 is 0 Å². The van der Waals surface area contributed by atoms with Crippen molar-refractivity contribution in [2.45, 2.75) is 77.4 Å². The molecule has 1 amide bonds. The molecule has 1 fully saturated rings. The Morgan fingerprint density at radius 2 is 1.83 bits per heavy atom. The third-order valence-electron chi connectivity index (χ3n) is 8.23. The van der Waals surface area contributed by atoms with E-state index in [1.54, 1.807) is 11.3 Å². The van der Waals surface area contributed by atoms with Crippen molar-refractivity contribution in [3.63, 3.8) is 0 Å². The van der Waals surface area contributed by atoms with E-state index in [0.717, 1.165) is 58.3 Å². The predicted octanol–water partition coefficient (Wildman–Crippen LogP) is 9.33. The van der Waals surface area contributed by atoms with Crippen molar-refractivity contribution in [2.75, 3.05) is 6.61 Å². The first-order valence-corrected chi connectivity index (χ1v) is 16.8. The number of nitrogens with zero attached hydrogens (tertiary/aromatic N) is 1. The van der Waals surface area contributed by atoms with Crippen LogP contribution in [0.5, 0.6) is 11.5 Å². The van der Waals surface area contributed by atoms with E-state index in [2.05, 4.69) is 63.7 Å². The lowest BCUT2D eigenvalue weighted by molar-refractivity contribution is 0.0927. The van der Waals surface area contributed by atoms with Crippen LogP contribution in [0.15, 0.2) is 64.1 Å². The third kappa shape index (κ3) is 6.42. The maximum Gasteiger partial charge on any atom is 0.254 e. The van der Waals surface area contributed by atoms with Gasteiger partial charge < -0.3 is 14.8 Å². The molecule has 3 aromatic carbocycles. The van der Waals surface area contributed by atoms with E-state index in [9.17, 15) is 4.79 Å². The SMILES string of the molecule is CCOc1cc(C=Nc2sc3c(c2C(=O)NC2CCCCC2)CCCC3)cc(Br)c1OCc1cccc2ccccc12. The van der Waals surface area contributed by atoms with Crippen LogP contribution in [0.4, 0.5) is 5.00 Å². The minimum atomic E-state index is 0.0434. The Labute approximate surface area is 260 Å². The molecule has 1 heterocycles. The summed E-state index contributed by atoms with van der Waals surface area (Å²) in [4.78, 5) is 19.8. The maximum absolute atomic E-state index is 13.6. The average Bonchev–Trinajstić information content (AvgIpc) is 3.39. The van der Waals surface area contributed by atoms with Crippen LogP contribution < -0.4 is 14.8 Å². The summed E-state index contributed by atoms with van der Waals surface area (Å²) in [5, 5.41) is 6.52. The summed E-state index contributed by atoms with van der Waals surface area (Å²) in [6.45, 7) is 2.91. The molecule has 4 aromatic rings. The minimum absolute atomic E-state index is 0.0434. The molecule has 1 N–H and O–H groups in total. The molecule has 2 aliphatic carbocycles. The van der Waals surface area contributed by atoms with Gasteiger partial charge in [-0.2, -0.15) is 0 Å². The Balaban J connectivity index is 1.26. The fourth-order valence-electron chi connectivity index (χ4n) is 6.15. The quantitative estimate of drug-likeness (QED) is 0.185. The van der Waals surface area contributed by atoms with E-state index in [0.29, 0.717) is 24.7 Å². The molecule has 6 rings (SSSR count). The molecule has 218 valence electrons.